The number of likely N-dealkylation sites (tertiary alicyclic amines) is 1. The van der Waals surface area contributed by atoms with Gasteiger partial charge in [-0.25, -0.2) is 4.79 Å². The van der Waals surface area contributed by atoms with E-state index in [0.717, 1.165) is 12.8 Å². The van der Waals surface area contributed by atoms with Gasteiger partial charge in [-0.1, -0.05) is 0 Å². The molecule has 2 N–H and O–H groups in total. The molecule has 0 aromatic carbocycles. The Morgan fingerprint density at radius 3 is 2.83 bits per heavy atom. The number of nitrogens with one attached hydrogen (secondary N) is 1. The fraction of sp³-hybridized carbons (Fsp3) is 0.688. The largest absolute Gasteiger partial charge is 0.393 e. The molecule has 0 aliphatic carbocycles. The first-order valence-electron chi connectivity index (χ1n) is 8.50. The average molecular weight is 335 g/mol. The lowest BCUT2D eigenvalue weighted by molar-refractivity contribution is -0.121. The maximum absolute atomic E-state index is 12.7. The number of anilines is 1. The third-order valence-corrected chi connectivity index (χ3v) is 4.91. The number of piperidine rings is 1. The summed E-state index contributed by atoms with van der Waals surface area (Å²) in [5, 5.41) is 16.8. The number of carbonyl (C=O) groups excluding carboxylic acids is 2. The summed E-state index contributed by atoms with van der Waals surface area (Å²) in [6.45, 7) is 3.53. The second-order valence-electron chi connectivity index (χ2n) is 6.72. The van der Waals surface area contributed by atoms with Crippen molar-refractivity contribution in [1.29, 1.82) is 0 Å². The average Bonchev–Trinajstić information content (AvgIpc) is 3.18. The minimum atomic E-state index is -0.515. The Balaban J connectivity index is 1.60. The van der Waals surface area contributed by atoms with E-state index in [1.54, 1.807) is 33.7 Å². The smallest absolute Gasteiger partial charge is 0.318 e. The number of aliphatic hydroxyl groups excluding tert-OH is 1. The quantitative estimate of drug-likeness (QED) is 0.833. The van der Waals surface area contributed by atoms with E-state index in [4.69, 9.17) is 0 Å². The molecule has 3 amide bonds. The van der Waals surface area contributed by atoms with Gasteiger partial charge in [-0.2, -0.15) is 5.10 Å². The van der Waals surface area contributed by atoms with E-state index in [-0.39, 0.29) is 17.9 Å². The fourth-order valence-electron chi connectivity index (χ4n) is 3.39. The highest BCUT2D eigenvalue weighted by molar-refractivity contribution is 5.99. The fourth-order valence-corrected chi connectivity index (χ4v) is 3.39. The van der Waals surface area contributed by atoms with Crippen LogP contribution in [0, 0.1) is 5.92 Å². The molecule has 2 aliphatic rings. The van der Waals surface area contributed by atoms with Gasteiger partial charge in [0, 0.05) is 44.9 Å². The van der Waals surface area contributed by atoms with Gasteiger partial charge in [-0.05, 0) is 26.2 Å². The molecule has 2 aliphatic heterocycles. The molecule has 0 radical (unpaired) electrons. The van der Waals surface area contributed by atoms with Gasteiger partial charge in [0.25, 0.3) is 5.91 Å². The monoisotopic (exact) mass is 335 g/mol. The Hall–Kier alpha value is -2.09. The number of nitrogens with zero attached hydrogens (tertiary/aromatic N) is 4. The summed E-state index contributed by atoms with van der Waals surface area (Å²) in [6, 6.07) is 1.06. The molecule has 2 fully saturated rings. The van der Waals surface area contributed by atoms with Gasteiger partial charge < -0.3 is 15.3 Å². The summed E-state index contributed by atoms with van der Waals surface area (Å²) < 4.78 is 1.66. The van der Waals surface area contributed by atoms with Gasteiger partial charge >= 0.3 is 6.03 Å². The third-order valence-electron chi connectivity index (χ3n) is 4.91. The van der Waals surface area contributed by atoms with Crippen LogP contribution in [0.3, 0.4) is 0 Å². The van der Waals surface area contributed by atoms with Crippen LogP contribution in [-0.2, 0) is 11.8 Å². The van der Waals surface area contributed by atoms with Gasteiger partial charge in [0.2, 0.25) is 0 Å². The van der Waals surface area contributed by atoms with Crippen molar-refractivity contribution >= 4 is 17.8 Å². The minimum Gasteiger partial charge on any atom is -0.393 e. The molecule has 0 spiro atoms. The van der Waals surface area contributed by atoms with Crippen molar-refractivity contribution in [1.82, 2.24) is 20.0 Å². The molecule has 8 nitrogen and oxygen atoms in total. The van der Waals surface area contributed by atoms with E-state index in [1.807, 2.05) is 7.05 Å². The van der Waals surface area contributed by atoms with Crippen molar-refractivity contribution in [3.63, 3.8) is 0 Å². The number of carbonyl (C=O) groups is 2. The standard InChI is InChI=1S/C16H25N5O3/c1-11(22)12-5-9-20(10-12)16(24)17-13-4-3-7-21(15(13)23)14-6-8-19(2)18-14/h6,8,11-13,22H,3-5,7,9-10H2,1-2H3,(H,17,24). The van der Waals surface area contributed by atoms with E-state index < -0.39 is 12.1 Å². The highest BCUT2D eigenvalue weighted by Crippen LogP contribution is 2.22. The molecule has 1 aromatic rings. The van der Waals surface area contributed by atoms with Crippen LogP contribution >= 0.6 is 0 Å². The number of aryl methyl sites for hydroxylation is 1. The first-order valence-corrected chi connectivity index (χ1v) is 8.50. The van der Waals surface area contributed by atoms with E-state index in [2.05, 4.69) is 10.4 Å². The number of amides is 3. The maximum Gasteiger partial charge on any atom is 0.318 e. The molecule has 0 saturated carbocycles. The Bertz CT molecular complexity index is 615. The zero-order chi connectivity index (χ0) is 17.3. The SMILES string of the molecule is CC(O)C1CCN(C(=O)NC2CCCN(c3ccn(C)n3)C2=O)C1. The van der Waals surface area contributed by atoms with Crippen LogP contribution in [-0.4, -0.2) is 63.5 Å². The molecule has 24 heavy (non-hydrogen) atoms. The molecule has 1 aromatic heterocycles. The van der Waals surface area contributed by atoms with E-state index in [1.165, 1.54) is 0 Å². The molecular weight excluding hydrogens is 310 g/mol. The van der Waals surface area contributed by atoms with Crippen LogP contribution in [0.4, 0.5) is 10.6 Å². The van der Waals surface area contributed by atoms with Crippen molar-refractivity contribution < 1.29 is 14.7 Å². The molecule has 3 rings (SSSR count). The van der Waals surface area contributed by atoms with E-state index >= 15 is 0 Å². The zero-order valence-electron chi connectivity index (χ0n) is 14.2. The number of hydrogen-bond donors (Lipinski definition) is 2. The van der Waals surface area contributed by atoms with Crippen LogP contribution in [0.5, 0.6) is 0 Å². The van der Waals surface area contributed by atoms with E-state index in [9.17, 15) is 14.7 Å². The number of rotatable bonds is 3. The first-order chi connectivity index (χ1) is 11.5. The number of aromatic nitrogens is 2. The minimum absolute atomic E-state index is 0.112. The molecular formula is C16H25N5O3. The maximum atomic E-state index is 12.7. The Morgan fingerprint density at radius 2 is 2.21 bits per heavy atom. The lowest BCUT2D eigenvalue weighted by Crippen LogP contribution is -2.55. The molecule has 132 valence electrons. The van der Waals surface area contributed by atoms with Gasteiger partial charge in [-0.3, -0.25) is 14.4 Å². The summed E-state index contributed by atoms with van der Waals surface area (Å²) in [7, 11) is 1.81. The summed E-state index contributed by atoms with van der Waals surface area (Å²) in [5.41, 5.74) is 0. The predicted molar refractivity (Wildman–Crippen MR) is 88.5 cm³/mol. The second kappa shape index (κ2) is 6.80. The molecule has 0 bridgehead atoms. The van der Waals surface area contributed by atoms with Gasteiger partial charge in [0.15, 0.2) is 5.82 Å². The van der Waals surface area contributed by atoms with Crippen molar-refractivity contribution in [3.8, 4) is 0 Å². The van der Waals surface area contributed by atoms with Gasteiger partial charge in [-0.15, -0.1) is 0 Å². The zero-order valence-corrected chi connectivity index (χ0v) is 14.2. The highest BCUT2D eigenvalue weighted by atomic mass is 16.3. The van der Waals surface area contributed by atoms with Crippen molar-refractivity contribution in [3.05, 3.63) is 12.3 Å². The van der Waals surface area contributed by atoms with Crippen LogP contribution in [0.2, 0.25) is 0 Å². The lowest BCUT2D eigenvalue weighted by Gasteiger charge is -2.32. The molecule has 8 heteroatoms. The lowest BCUT2D eigenvalue weighted by atomic mass is 10.0. The first kappa shape index (κ1) is 16.8. The normalized spacial score (nSPS) is 25.9. The number of urea groups is 1. The Labute approximate surface area is 141 Å². The van der Waals surface area contributed by atoms with Gasteiger partial charge in [0.1, 0.15) is 6.04 Å². The predicted octanol–water partition coefficient (Wildman–Crippen LogP) is 0.328. The summed E-state index contributed by atoms with van der Waals surface area (Å²) >= 11 is 0. The number of aliphatic hydroxyl groups is 1. The molecule has 2 saturated heterocycles. The summed E-state index contributed by atoms with van der Waals surface area (Å²) in [6.07, 6.45) is 3.64. The van der Waals surface area contributed by atoms with Crippen LogP contribution < -0.4 is 10.2 Å². The Kier molecular flexibility index (Phi) is 4.75. The summed E-state index contributed by atoms with van der Waals surface area (Å²) in [5.74, 6) is 0.624. The van der Waals surface area contributed by atoms with Crippen molar-refractivity contribution in [2.24, 2.45) is 13.0 Å². The number of hydrogen-bond acceptors (Lipinski definition) is 4. The van der Waals surface area contributed by atoms with E-state index in [0.29, 0.717) is 31.9 Å². The molecule has 3 atom stereocenters. The molecule has 3 unspecified atom stereocenters. The highest BCUT2D eigenvalue weighted by Gasteiger charge is 2.35. The van der Waals surface area contributed by atoms with Crippen LogP contribution in [0.1, 0.15) is 26.2 Å². The Morgan fingerprint density at radius 1 is 1.42 bits per heavy atom. The van der Waals surface area contributed by atoms with Crippen LogP contribution in [0.25, 0.3) is 0 Å². The summed E-state index contributed by atoms with van der Waals surface area (Å²) in [4.78, 5) is 28.4. The van der Waals surface area contributed by atoms with Gasteiger partial charge in [0.05, 0.1) is 6.10 Å². The van der Waals surface area contributed by atoms with Crippen molar-refractivity contribution in [2.75, 3.05) is 24.5 Å². The second-order valence-corrected chi connectivity index (χ2v) is 6.72. The third kappa shape index (κ3) is 3.38. The topological polar surface area (TPSA) is 90.7 Å². The van der Waals surface area contributed by atoms with Crippen molar-refractivity contribution in [2.45, 2.75) is 38.3 Å². The van der Waals surface area contributed by atoms with Crippen LogP contribution in [0.15, 0.2) is 12.3 Å². The molecule has 3 heterocycles.